The average Bonchev–Trinajstić information content (AvgIpc) is 2.70. The molecule has 0 unspecified atom stereocenters. The molecule has 0 aliphatic rings. The molecule has 0 bridgehead atoms. The summed E-state index contributed by atoms with van der Waals surface area (Å²) >= 11 is 9.66. The van der Waals surface area contributed by atoms with Gasteiger partial charge in [-0.25, -0.2) is 4.39 Å². The van der Waals surface area contributed by atoms with E-state index in [0.717, 1.165) is 23.1 Å². The van der Waals surface area contributed by atoms with E-state index in [1.165, 1.54) is 50.7 Å². The number of nitrogens with one attached hydrogen (secondary N) is 1. The average molecular weight is 487 g/mol. The Morgan fingerprint density at radius 3 is 2.55 bits per heavy atom. The van der Waals surface area contributed by atoms with Crippen molar-refractivity contribution in [2.24, 2.45) is 0 Å². The molecule has 2 aromatic rings. The standard InChI is InChI=1S/C23H30BrClFNO2/c1-3-4-5-6-7-8-11-27-15-17-12-20(24)23(22(13-17)28-2)29-16-18-9-10-19(26)14-21(18)25/h9-10,12-14,27H,3-8,11,15-16H2,1-2H3. The number of halogens is 3. The summed E-state index contributed by atoms with van der Waals surface area (Å²) in [6.45, 7) is 4.24. The van der Waals surface area contributed by atoms with Gasteiger partial charge < -0.3 is 14.8 Å². The summed E-state index contributed by atoms with van der Waals surface area (Å²) in [6, 6.07) is 8.28. The number of benzene rings is 2. The molecule has 0 amide bonds. The highest BCUT2D eigenvalue weighted by molar-refractivity contribution is 9.10. The third-order valence-corrected chi connectivity index (χ3v) is 5.65. The summed E-state index contributed by atoms with van der Waals surface area (Å²) in [4.78, 5) is 0. The van der Waals surface area contributed by atoms with Crippen LogP contribution in [0.15, 0.2) is 34.8 Å². The van der Waals surface area contributed by atoms with Crippen LogP contribution in [0, 0.1) is 5.82 Å². The molecule has 29 heavy (non-hydrogen) atoms. The third-order valence-electron chi connectivity index (χ3n) is 4.71. The first-order valence-corrected chi connectivity index (χ1v) is 11.4. The molecule has 2 aromatic carbocycles. The number of hydrogen-bond donors (Lipinski definition) is 1. The zero-order valence-electron chi connectivity index (χ0n) is 17.2. The molecule has 0 spiro atoms. The molecule has 160 valence electrons. The fraction of sp³-hybridized carbons (Fsp3) is 0.478. The minimum Gasteiger partial charge on any atom is -0.493 e. The molecule has 0 saturated carbocycles. The van der Waals surface area contributed by atoms with E-state index in [0.29, 0.717) is 22.1 Å². The highest BCUT2D eigenvalue weighted by Gasteiger charge is 2.13. The molecule has 0 aliphatic carbocycles. The Bertz CT molecular complexity index is 773. The Morgan fingerprint density at radius 2 is 1.83 bits per heavy atom. The number of rotatable bonds is 13. The summed E-state index contributed by atoms with van der Waals surface area (Å²) in [6.07, 6.45) is 7.75. The van der Waals surface area contributed by atoms with Crippen LogP contribution in [0.2, 0.25) is 5.02 Å². The van der Waals surface area contributed by atoms with E-state index in [1.54, 1.807) is 13.2 Å². The fourth-order valence-electron chi connectivity index (χ4n) is 3.07. The maximum atomic E-state index is 13.2. The van der Waals surface area contributed by atoms with Crippen LogP contribution in [0.3, 0.4) is 0 Å². The largest absolute Gasteiger partial charge is 0.493 e. The molecular formula is C23H30BrClFNO2. The van der Waals surface area contributed by atoms with Crippen molar-refractivity contribution in [2.75, 3.05) is 13.7 Å². The minimum absolute atomic E-state index is 0.226. The van der Waals surface area contributed by atoms with Crippen molar-refractivity contribution in [3.63, 3.8) is 0 Å². The van der Waals surface area contributed by atoms with E-state index >= 15 is 0 Å². The van der Waals surface area contributed by atoms with Crippen LogP contribution in [0.5, 0.6) is 11.5 Å². The Morgan fingerprint density at radius 1 is 1.07 bits per heavy atom. The molecule has 3 nitrogen and oxygen atoms in total. The maximum Gasteiger partial charge on any atom is 0.175 e. The highest BCUT2D eigenvalue weighted by atomic mass is 79.9. The second-order valence-corrected chi connectivity index (χ2v) is 8.34. The van der Waals surface area contributed by atoms with Gasteiger partial charge >= 0.3 is 0 Å². The lowest BCUT2D eigenvalue weighted by Gasteiger charge is -2.15. The molecule has 2 rings (SSSR count). The lowest BCUT2D eigenvalue weighted by atomic mass is 10.1. The smallest absolute Gasteiger partial charge is 0.175 e. The van der Waals surface area contributed by atoms with Gasteiger partial charge in [-0.2, -0.15) is 0 Å². The third kappa shape index (κ3) is 8.15. The first-order valence-electron chi connectivity index (χ1n) is 10.2. The van der Waals surface area contributed by atoms with E-state index in [1.807, 2.05) is 12.1 Å². The summed E-state index contributed by atoms with van der Waals surface area (Å²) in [5, 5.41) is 3.83. The van der Waals surface area contributed by atoms with E-state index < -0.39 is 0 Å². The van der Waals surface area contributed by atoms with Crippen LogP contribution in [0.1, 0.15) is 56.6 Å². The number of hydrogen-bond acceptors (Lipinski definition) is 3. The number of methoxy groups -OCH3 is 1. The van der Waals surface area contributed by atoms with Crippen molar-refractivity contribution in [1.29, 1.82) is 0 Å². The van der Waals surface area contributed by atoms with Crippen LogP contribution in [0.4, 0.5) is 4.39 Å². The lowest BCUT2D eigenvalue weighted by molar-refractivity contribution is 0.282. The topological polar surface area (TPSA) is 30.5 Å². The molecule has 0 aliphatic heterocycles. The molecule has 0 atom stereocenters. The van der Waals surface area contributed by atoms with Gasteiger partial charge in [0.15, 0.2) is 11.5 Å². The van der Waals surface area contributed by atoms with Gasteiger partial charge in [-0.15, -0.1) is 0 Å². The van der Waals surface area contributed by atoms with Crippen molar-refractivity contribution in [1.82, 2.24) is 5.32 Å². The first kappa shape index (κ1) is 24.0. The Balaban J connectivity index is 1.88. The van der Waals surface area contributed by atoms with E-state index in [9.17, 15) is 4.39 Å². The SMILES string of the molecule is CCCCCCCCNCc1cc(Br)c(OCc2ccc(F)cc2Cl)c(OC)c1. The van der Waals surface area contributed by atoms with Crippen LogP contribution in [-0.4, -0.2) is 13.7 Å². The Kier molecular flexibility index (Phi) is 10.8. The molecule has 0 radical (unpaired) electrons. The van der Waals surface area contributed by atoms with Gasteiger partial charge in [0.2, 0.25) is 0 Å². The van der Waals surface area contributed by atoms with Gasteiger partial charge in [-0.1, -0.05) is 56.7 Å². The zero-order valence-corrected chi connectivity index (χ0v) is 19.5. The van der Waals surface area contributed by atoms with Gasteiger partial charge in [0.05, 0.1) is 16.6 Å². The summed E-state index contributed by atoms with van der Waals surface area (Å²) < 4.78 is 25.4. The number of unbranched alkanes of at least 4 members (excludes halogenated alkanes) is 5. The second-order valence-electron chi connectivity index (χ2n) is 7.08. The maximum absolute atomic E-state index is 13.2. The van der Waals surface area contributed by atoms with Gasteiger partial charge in [0.1, 0.15) is 12.4 Å². The molecule has 0 heterocycles. The van der Waals surface area contributed by atoms with E-state index in [4.69, 9.17) is 21.1 Å². The van der Waals surface area contributed by atoms with Gasteiger partial charge in [0, 0.05) is 12.1 Å². The number of ether oxygens (including phenoxy) is 2. The lowest BCUT2D eigenvalue weighted by Crippen LogP contribution is -2.14. The zero-order chi connectivity index (χ0) is 21.1. The predicted octanol–water partition coefficient (Wildman–Crippen LogP) is 7.28. The predicted molar refractivity (Wildman–Crippen MR) is 122 cm³/mol. The minimum atomic E-state index is -0.365. The Labute approximate surface area is 187 Å². The van der Waals surface area contributed by atoms with Crippen LogP contribution < -0.4 is 14.8 Å². The summed E-state index contributed by atoms with van der Waals surface area (Å²) in [5.41, 5.74) is 1.83. The second kappa shape index (κ2) is 13.1. The summed E-state index contributed by atoms with van der Waals surface area (Å²) in [5.74, 6) is 0.886. The van der Waals surface area contributed by atoms with Crippen LogP contribution in [-0.2, 0) is 13.2 Å². The molecule has 1 N–H and O–H groups in total. The van der Waals surface area contributed by atoms with Gasteiger partial charge in [0.25, 0.3) is 0 Å². The van der Waals surface area contributed by atoms with Crippen molar-refractivity contribution in [3.05, 3.63) is 56.8 Å². The fourth-order valence-corrected chi connectivity index (χ4v) is 3.89. The van der Waals surface area contributed by atoms with Gasteiger partial charge in [-0.05, 0) is 58.7 Å². The quantitative estimate of drug-likeness (QED) is 0.302. The molecule has 0 aromatic heterocycles. The normalized spacial score (nSPS) is 10.9. The van der Waals surface area contributed by atoms with E-state index in [-0.39, 0.29) is 12.4 Å². The van der Waals surface area contributed by atoms with E-state index in [2.05, 4.69) is 28.2 Å². The van der Waals surface area contributed by atoms with Crippen LogP contribution in [0.25, 0.3) is 0 Å². The molecular weight excluding hydrogens is 457 g/mol. The summed E-state index contributed by atoms with van der Waals surface area (Å²) in [7, 11) is 1.62. The van der Waals surface area contributed by atoms with Crippen molar-refractivity contribution in [2.45, 2.75) is 58.6 Å². The monoisotopic (exact) mass is 485 g/mol. The first-order chi connectivity index (χ1) is 14.0. The Hall–Kier alpha value is -1.30. The molecule has 6 heteroatoms. The van der Waals surface area contributed by atoms with Gasteiger partial charge in [-0.3, -0.25) is 0 Å². The van der Waals surface area contributed by atoms with Crippen LogP contribution >= 0.6 is 27.5 Å². The highest BCUT2D eigenvalue weighted by Crippen LogP contribution is 2.37. The molecule has 0 saturated heterocycles. The molecule has 0 fully saturated rings. The van der Waals surface area contributed by atoms with Crippen molar-refractivity contribution < 1.29 is 13.9 Å². The van der Waals surface area contributed by atoms with Crippen molar-refractivity contribution >= 4 is 27.5 Å². The van der Waals surface area contributed by atoms with Crippen molar-refractivity contribution in [3.8, 4) is 11.5 Å².